The van der Waals surface area contributed by atoms with Gasteiger partial charge in [0.1, 0.15) is 5.83 Å². The predicted octanol–water partition coefficient (Wildman–Crippen LogP) is 3.37. The lowest BCUT2D eigenvalue weighted by atomic mass is 9.88. The smallest absolute Gasteiger partial charge is 0.280 e. The first kappa shape index (κ1) is 19.7. The Kier molecular flexibility index (Phi) is 5.00. The Morgan fingerprint density at radius 3 is 2.30 bits per heavy atom. The second kappa shape index (κ2) is 6.84. The zero-order valence-corrected chi connectivity index (χ0v) is 14.7. The molecule has 0 bridgehead atoms. The van der Waals surface area contributed by atoms with E-state index < -0.39 is 36.2 Å². The maximum atomic E-state index is 14.3. The fourth-order valence-corrected chi connectivity index (χ4v) is 2.96. The van der Waals surface area contributed by atoms with Gasteiger partial charge in [-0.05, 0) is 20.3 Å². The zero-order valence-electron chi connectivity index (χ0n) is 14.7. The Morgan fingerprint density at radius 2 is 1.70 bits per heavy atom. The van der Waals surface area contributed by atoms with Crippen molar-refractivity contribution in [1.82, 2.24) is 15.0 Å². The first-order chi connectivity index (χ1) is 12.5. The third-order valence-corrected chi connectivity index (χ3v) is 4.38. The van der Waals surface area contributed by atoms with Crippen molar-refractivity contribution in [1.29, 1.82) is 0 Å². The Bertz CT molecular complexity index is 747. The van der Waals surface area contributed by atoms with Crippen molar-refractivity contribution in [3.63, 3.8) is 0 Å². The van der Waals surface area contributed by atoms with E-state index in [2.05, 4.69) is 25.6 Å². The van der Waals surface area contributed by atoms with Crippen molar-refractivity contribution in [3.8, 4) is 0 Å². The number of halogens is 5. The molecule has 0 radical (unpaired) electrons. The van der Waals surface area contributed by atoms with E-state index in [1.165, 1.54) is 0 Å². The van der Waals surface area contributed by atoms with Gasteiger partial charge in [0, 0.05) is 36.9 Å². The molecule has 1 heterocycles. The van der Waals surface area contributed by atoms with Crippen LogP contribution in [0.25, 0.3) is 5.57 Å². The molecule has 0 aromatic carbocycles. The summed E-state index contributed by atoms with van der Waals surface area (Å²) in [4.78, 5) is 12.1. The largest absolute Gasteiger partial charge is 0.380 e. The minimum Gasteiger partial charge on any atom is -0.380 e. The molecule has 0 aliphatic heterocycles. The van der Waals surface area contributed by atoms with Gasteiger partial charge in [-0.3, -0.25) is 0 Å². The van der Waals surface area contributed by atoms with Crippen LogP contribution in [-0.2, 0) is 0 Å². The highest BCUT2D eigenvalue weighted by Crippen LogP contribution is 2.41. The highest BCUT2D eigenvalue weighted by atomic mass is 19.3. The molecule has 1 fully saturated rings. The van der Waals surface area contributed by atoms with Crippen LogP contribution in [0.1, 0.15) is 45.4 Å². The second-order valence-electron chi connectivity index (χ2n) is 7.20. The Labute approximate surface area is 152 Å². The van der Waals surface area contributed by atoms with E-state index in [9.17, 15) is 27.1 Å². The maximum absolute atomic E-state index is 14.3. The van der Waals surface area contributed by atoms with Crippen LogP contribution in [-0.4, -0.2) is 50.1 Å². The minimum atomic E-state index is -3.57. The lowest BCUT2D eigenvalue weighted by molar-refractivity contribution is -0.107. The summed E-state index contributed by atoms with van der Waals surface area (Å²) < 4.78 is 67.3. The molecule has 0 unspecified atom stereocenters. The zero-order chi connectivity index (χ0) is 20.0. The molecule has 6 nitrogen and oxygen atoms in total. The second-order valence-corrected chi connectivity index (χ2v) is 7.20. The van der Waals surface area contributed by atoms with Crippen molar-refractivity contribution in [3.05, 3.63) is 11.7 Å². The fourth-order valence-electron chi connectivity index (χ4n) is 2.96. The molecule has 150 valence electrons. The van der Waals surface area contributed by atoms with Gasteiger partial charge in [-0.15, -0.1) is 0 Å². The Morgan fingerprint density at radius 1 is 1.07 bits per heavy atom. The van der Waals surface area contributed by atoms with Crippen LogP contribution < -0.4 is 10.6 Å². The van der Waals surface area contributed by atoms with Gasteiger partial charge in [0.25, 0.3) is 11.8 Å². The molecule has 0 saturated heterocycles. The van der Waals surface area contributed by atoms with Gasteiger partial charge in [-0.1, -0.05) is 0 Å². The lowest BCUT2D eigenvalue weighted by Crippen LogP contribution is -2.44. The van der Waals surface area contributed by atoms with Gasteiger partial charge in [-0.2, -0.15) is 15.0 Å². The quantitative estimate of drug-likeness (QED) is 0.666. The number of rotatable bonds is 5. The van der Waals surface area contributed by atoms with Crippen LogP contribution in [0.15, 0.2) is 5.83 Å². The molecule has 1 saturated carbocycles. The topological polar surface area (TPSA) is 83.0 Å². The van der Waals surface area contributed by atoms with Crippen molar-refractivity contribution in [2.45, 2.75) is 69.6 Å². The molecule has 27 heavy (non-hydrogen) atoms. The van der Waals surface area contributed by atoms with E-state index in [1.54, 1.807) is 13.8 Å². The Balaban J connectivity index is 1.92. The van der Waals surface area contributed by atoms with Gasteiger partial charge in [0.15, 0.2) is 11.9 Å². The van der Waals surface area contributed by atoms with E-state index in [-0.39, 0.29) is 48.6 Å². The number of hydrogen-bond donors (Lipinski definition) is 3. The molecule has 3 N–H and O–H groups in total. The van der Waals surface area contributed by atoms with Crippen LogP contribution in [0, 0.1) is 0 Å². The van der Waals surface area contributed by atoms with Crippen molar-refractivity contribution in [2.75, 3.05) is 10.6 Å². The van der Waals surface area contributed by atoms with Gasteiger partial charge in [0.05, 0.1) is 0 Å². The molecule has 0 spiro atoms. The molecule has 0 amide bonds. The molecule has 1 aromatic rings. The number of anilines is 2. The van der Waals surface area contributed by atoms with E-state index in [1.807, 2.05) is 0 Å². The summed E-state index contributed by atoms with van der Waals surface area (Å²) in [5, 5.41) is 15.1. The molecule has 11 heteroatoms. The van der Waals surface area contributed by atoms with Crippen LogP contribution >= 0.6 is 0 Å². The lowest BCUT2D eigenvalue weighted by Gasteiger charge is -2.35. The number of hydrogen-bond acceptors (Lipinski definition) is 6. The minimum absolute atomic E-state index is 0.0516. The number of aromatic nitrogens is 3. The maximum Gasteiger partial charge on any atom is 0.280 e. The molecule has 2 aliphatic rings. The summed E-state index contributed by atoms with van der Waals surface area (Å²) in [7, 11) is 0. The number of alkyl halides is 4. The Hall–Kier alpha value is -2.04. The van der Waals surface area contributed by atoms with Gasteiger partial charge < -0.3 is 15.7 Å². The number of aliphatic hydroxyl groups excluding tert-OH is 1. The molecule has 1 atom stereocenters. The first-order valence-electron chi connectivity index (χ1n) is 8.58. The summed E-state index contributed by atoms with van der Waals surface area (Å²) in [6, 6.07) is -0.650. The third kappa shape index (κ3) is 4.28. The van der Waals surface area contributed by atoms with Gasteiger partial charge in [-0.25, -0.2) is 22.0 Å². The molecular weight excluding hydrogens is 373 g/mol. The van der Waals surface area contributed by atoms with Crippen LogP contribution in [0.5, 0.6) is 0 Å². The summed E-state index contributed by atoms with van der Waals surface area (Å²) in [5.74, 6) is -7.94. The van der Waals surface area contributed by atoms with Gasteiger partial charge in [0.2, 0.25) is 11.9 Å². The fraction of sp³-hybridized carbons (Fsp3) is 0.688. The monoisotopic (exact) mass is 393 g/mol. The van der Waals surface area contributed by atoms with E-state index >= 15 is 0 Å². The predicted molar refractivity (Wildman–Crippen MR) is 88.4 cm³/mol. The normalized spacial score (nSPS) is 24.7. The standard InChI is InChI=1S/C16H20F5N5O/c1-7(2)22-13-24-12(9-3-4-16(20,21)11(27)10(9)17)25-14(26-13)23-8-5-15(18,19)6-8/h7-8,11,27H,3-6H2,1-2H3,(H2,22,23,24,25,26)/t11-/m1/s1. The van der Waals surface area contributed by atoms with Crippen molar-refractivity contribution < 1.29 is 27.1 Å². The van der Waals surface area contributed by atoms with E-state index in [4.69, 9.17) is 0 Å². The third-order valence-electron chi connectivity index (χ3n) is 4.38. The number of aliphatic hydroxyl groups is 1. The number of nitrogens with one attached hydrogen (secondary N) is 2. The first-order valence-corrected chi connectivity index (χ1v) is 8.58. The van der Waals surface area contributed by atoms with Crippen molar-refractivity contribution >= 4 is 17.5 Å². The number of allylic oxidation sites excluding steroid dienone is 1. The number of nitrogens with zero attached hydrogens (tertiary/aromatic N) is 3. The van der Waals surface area contributed by atoms with Crippen molar-refractivity contribution in [2.24, 2.45) is 0 Å². The van der Waals surface area contributed by atoms with Crippen LogP contribution in [0.2, 0.25) is 0 Å². The van der Waals surface area contributed by atoms with Crippen LogP contribution in [0.4, 0.5) is 33.8 Å². The highest BCUT2D eigenvalue weighted by molar-refractivity contribution is 5.66. The molecule has 2 aliphatic carbocycles. The average Bonchev–Trinajstić information content (AvgIpc) is 2.50. The SMILES string of the molecule is CC(C)Nc1nc(NC2CC(F)(F)C2)nc(C2=C(F)[C@@H](O)C(F)(F)CC2)n1. The summed E-state index contributed by atoms with van der Waals surface area (Å²) in [6.07, 6.45) is -4.47. The summed E-state index contributed by atoms with van der Waals surface area (Å²) >= 11 is 0. The molecule has 3 rings (SSSR count). The van der Waals surface area contributed by atoms with E-state index in [0.717, 1.165) is 0 Å². The highest BCUT2D eigenvalue weighted by Gasteiger charge is 2.47. The van der Waals surface area contributed by atoms with E-state index in [0.29, 0.717) is 0 Å². The summed E-state index contributed by atoms with van der Waals surface area (Å²) in [6.45, 7) is 3.60. The summed E-state index contributed by atoms with van der Waals surface area (Å²) in [5.41, 5.74) is -0.246. The molecular formula is C16H20F5N5O. The molecule has 1 aromatic heterocycles. The van der Waals surface area contributed by atoms with Gasteiger partial charge >= 0.3 is 0 Å². The average molecular weight is 393 g/mol. The van der Waals surface area contributed by atoms with Crippen LogP contribution in [0.3, 0.4) is 0 Å².